The SMILES string of the molecule is O=C(c1cc(Br)c[nH]1)N1CCN(c2ccc(O)cc2)CC1. The molecular weight excluding hydrogens is 334 g/mol. The Balaban J connectivity index is 1.62. The number of rotatable bonds is 2. The highest BCUT2D eigenvalue weighted by Gasteiger charge is 2.23. The predicted molar refractivity (Wildman–Crippen MR) is 84.7 cm³/mol. The molecule has 1 aromatic heterocycles. The van der Waals surface area contributed by atoms with Gasteiger partial charge in [-0.2, -0.15) is 0 Å². The van der Waals surface area contributed by atoms with E-state index in [4.69, 9.17) is 0 Å². The Kier molecular flexibility index (Phi) is 3.88. The summed E-state index contributed by atoms with van der Waals surface area (Å²) in [6, 6.07) is 8.96. The van der Waals surface area contributed by atoms with Crippen molar-refractivity contribution in [3.8, 4) is 5.75 Å². The van der Waals surface area contributed by atoms with Gasteiger partial charge in [-0.1, -0.05) is 0 Å². The molecule has 0 spiro atoms. The van der Waals surface area contributed by atoms with Crippen LogP contribution in [0.25, 0.3) is 0 Å². The van der Waals surface area contributed by atoms with Gasteiger partial charge < -0.3 is 19.9 Å². The number of nitrogens with zero attached hydrogens (tertiary/aromatic N) is 2. The second kappa shape index (κ2) is 5.81. The highest BCUT2D eigenvalue weighted by atomic mass is 79.9. The number of hydrogen-bond donors (Lipinski definition) is 2. The number of benzene rings is 1. The summed E-state index contributed by atoms with van der Waals surface area (Å²) in [5.74, 6) is 0.302. The molecule has 2 heterocycles. The largest absolute Gasteiger partial charge is 0.508 e. The zero-order valence-electron chi connectivity index (χ0n) is 11.4. The third kappa shape index (κ3) is 3.05. The van der Waals surface area contributed by atoms with Crippen LogP contribution in [-0.2, 0) is 0 Å². The average molecular weight is 350 g/mol. The van der Waals surface area contributed by atoms with Crippen LogP contribution in [-0.4, -0.2) is 47.1 Å². The summed E-state index contributed by atoms with van der Waals surface area (Å²) in [6.07, 6.45) is 1.76. The van der Waals surface area contributed by atoms with Gasteiger partial charge in [0.2, 0.25) is 0 Å². The number of anilines is 1. The molecule has 5 nitrogen and oxygen atoms in total. The molecule has 1 fully saturated rings. The number of piperazine rings is 1. The van der Waals surface area contributed by atoms with Crippen molar-refractivity contribution < 1.29 is 9.90 Å². The van der Waals surface area contributed by atoms with Gasteiger partial charge in [0.1, 0.15) is 11.4 Å². The van der Waals surface area contributed by atoms with E-state index in [1.165, 1.54) is 0 Å². The number of aromatic amines is 1. The minimum Gasteiger partial charge on any atom is -0.508 e. The van der Waals surface area contributed by atoms with Crippen molar-refractivity contribution in [3.63, 3.8) is 0 Å². The molecule has 1 amide bonds. The number of halogens is 1. The minimum absolute atomic E-state index is 0.0334. The standard InChI is InChI=1S/C15H16BrN3O2/c16-11-9-14(17-10-11)15(21)19-7-5-18(6-8-19)12-1-3-13(20)4-2-12/h1-4,9-10,17,20H,5-8H2. The minimum atomic E-state index is 0.0334. The zero-order valence-corrected chi connectivity index (χ0v) is 13.0. The maximum absolute atomic E-state index is 12.3. The first-order chi connectivity index (χ1) is 10.1. The van der Waals surface area contributed by atoms with E-state index in [9.17, 15) is 9.90 Å². The summed E-state index contributed by atoms with van der Waals surface area (Å²) < 4.78 is 0.883. The molecule has 21 heavy (non-hydrogen) atoms. The Morgan fingerprint density at radius 1 is 1.14 bits per heavy atom. The number of aromatic hydroxyl groups is 1. The number of carbonyl (C=O) groups is 1. The maximum atomic E-state index is 12.3. The molecule has 0 saturated carbocycles. The second-order valence-electron chi connectivity index (χ2n) is 5.03. The van der Waals surface area contributed by atoms with E-state index in [1.54, 1.807) is 24.4 Å². The van der Waals surface area contributed by atoms with E-state index < -0.39 is 0 Å². The first-order valence-electron chi connectivity index (χ1n) is 6.80. The van der Waals surface area contributed by atoms with Gasteiger partial charge in [0, 0.05) is 42.5 Å². The molecule has 3 rings (SSSR count). The lowest BCUT2D eigenvalue weighted by Gasteiger charge is -2.36. The molecule has 0 bridgehead atoms. The lowest BCUT2D eigenvalue weighted by molar-refractivity contribution is 0.0741. The van der Waals surface area contributed by atoms with E-state index in [2.05, 4.69) is 25.8 Å². The van der Waals surface area contributed by atoms with E-state index in [0.717, 1.165) is 23.2 Å². The smallest absolute Gasteiger partial charge is 0.270 e. The number of amides is 1. The molecule has 2 N–H and O–H groups in total. The van der Waals surface area contributed by atoms with Crippen molar-refractivity contribution in [3.05, 3.63) is 46.7 Å². The van der Waals surface area contributed by atoms with Gasteiger partial charge in [-0.05, 0) is 46.3 Å². The van der Waals surface area contributed by atoms with Crippen molar-refractivity contribution in [1.29, 1.82) is 0 Å². The van der Waals surface area contributed by atoms with E-state index in [-0.39, 0.29) is 11.7 Å². The van der Waals surface area contributed by atoms with Gasteiger partial charge in [-0.15, -0.1) is 0 Å². The molecule has 0 unspecified atom stereocenters. The predicted octanol–water partition coefficient (Wildman–Crippen LogP) is 2.45. The van der Waals surface area contributed by atoms with Crippen LogP contribution < -0.4 is 4.90 Å². The topological polar surface area (TPSA) is 59.6 Å². The summed E-state index contributed by atoms with van der Waals surface area (Å²) >= 11 is 3.34. The molecule has 6 heteroatoms. The maximum Gasteiger partial charge on any atom is 0.270 e. The summed E-state index contributed by atoms with van der Waals surface area (Å²) in [7, 11) is 0. The Labute approximate surface area is 131 Å². The van der Waals surface area contributed by atoms with E-state index >= 15 is 0 Å². The van der Waals surface area contributed by atoms with Crippen LogP contribution in [0.15, 0.2) is 41.0 Å². The van der Waals surface area contributed by atoms with Crippen LogP contribution >= 0.6 is 15.9 Å². The number of nitrogens with one attached hydrogen (secondary N) is 1. The van der Waals surface area contributed by atoms with Crippen LogP contribution in [0.4, 0.5) is 5.69 Å². The van der Waals surface area contributed by atoms with E-state index in [0.29, 0.717) is 18.8 Å². The number of carbonyl (C=O) groups excluding carboxylic acids is 1. The number of aromatic nitrogens is 1. The first-order valence-corrected chi connectivity index (χ1v) is 7.60. The highest BCUT2D eigenvalue weighted by Crippen LogP contribution is 2.20. The van der Waals surface area contributed by atoms with Crippen LogP contribution in [0.5, 0.6) is 5.75 Å². The second-order valence-corrected chi connectivity index (χ2v) is 5.94. The molecule has 1 aliphatic heterocycles. The number of H-pyrrole nitrogens is 1. The summed E-state index contributed by atoms with van der Waals surface area (Å²) in [5.41, 5.74) is 1.68. The van der Waals surface area contributed by atoms with Crippen molar-refractivity contribution in [2.24, 2.45) is 0 Å². The van der Waals surface area contributed by atoms with Crippen LogP contribution in [0, 0.1) is 0 Å². The van der Waals surface area contributed by atoms with Crippen molar-refractivity contribution >= 4 is 27.5 Å². The molecule has 0 atom stereocenters. The molecule has 1 aliphatic rings. The third-order valence-electron chi connectivity index (χ3n) is 3.66. The molecule has 1 aromatic carbocycles. The van der Waals surface area contributed by atoms with Crippen molar-refractivity contribution in [2.45, 2.75) is 0 Å². The van der Waals surface area contributed by atoms with Crippen LogP contribution in [0.3, 0.4) is 0 Å². The molecular formula is C15H16BrN3O2. The lowest BCUT2D eigenvalue weighted by Crippen LogP contribution is -2.48. The molecule has 1 saturated heterocycles. The van der Waals surface area contributed by atoms with Crippen LogP contribution in [0.2, 0.25) is 0 Å². The monoisotopic (exact) mass is 349 g/mol. The molecule has 2 aromatic rings. The van der Waals surface area contributed by atoms with Gasteiger partial charge in [-0.25, -0.2) is 0 Å². The fraction of sp³-hybridized carbons (Fsp3) is 0.267. The molecule has 110 valence electrons. The summed E-state index contributed by atoms with van der Waals surface area (Å²) in [6.45, 7) is 2.96. The Morgan fingerprint density at radius 2 is 1.81 bits per heavy atom. The average Bonchev–Trinajstić information content (AvgIpc) is 2.94. The van der Waals surface area contributed by atoms with Gasteiger partial charge >= 0.3 is 0 Å². The van der Waals surface area contributed by atoms with Crippen molar-refractivity contribution in [1.82, 2.24) is 9.88 Å². The summed E-state index contributed by atoms with van der Waals surface area (Å²) in [4.78, 5) is 19.4. The molecule has 0 radical (unpaired) electrons. The summed E-state index contributed by atoms with van der Waals surface area (Å²) in [5, 5.41) is 9.32. The van der Waals surface area contributed by atoms with Gasteiger partial charge in [0.15, 0.2) is 0 Å². The Hall–Kier alpha value is -1.95. The highest BCUT2D eigenvalue weighted by molar-refractivity contribution is 9.10. The van der Waals surface area contributed by atoms with E-state index in [1.807, 2.05) is 17.0 Å². The Morgan fingerprint density at radius 3 is 2.38 bits per heavy atom. The fourth-order valence-corrected chi connectivity index (χ4v) is 2.84. The van der Waals surface area contributed by atoms with Gasteiger partial charge in [0.05, 0.1) is 0 Å². The first kappa shape index (κ1) is 14.0. The quantitative estimate of drug-likeness (QED) is 0.875. The lowest BCUT2D eigenvalue weighted by atomic mass is 10.2. The third-order valence-corrected chi connectivity index (χ3v) is 4.12. The fourth-order valence-electron chi connectivity index (χ4n) is 2.49. The number of phenolic OH excluding ortho intramolecular Hbond substituents is 1. The van der Waals surface area contributed by atoms with Crippen molar-refractivity contribution in [2.75, 3.05) is 31.1 Å². The zero-order chi connectivity index (χ0) is 14.8. The van der Waals surface area contributed by atoms with Gasteiger partial charge in [-0.3, -0.25) is 4.79 Å². The molecule has 0 aliphatic carbocycles. The van der Waals surface area contributed by atoms with Crippen LogP contribution in [0.1, 0.15) is 10.5 Å². The normalized spacial score (nSPS) is 15.3. The number of hydrogen-bond acceptors (Lipinski definition) is 3. The van der Waals surface area contributed by atoms with Gasteiger partial charge in [0.25, 0.3) is 5.91 Å². The Bertz CT molecular complexity index is 631. The number of phenols is 1.